The molecule has 0 radical (unpaired) electrons. The number of nitrogens with zero attached hydrogens (tertiary/aromatic N) is 4. The van der Waals surface area contributed by atoms with Crippen molar-refractivity contribution >= 4 is 49.3 Å². The number of halogens is 2. The van der Waals surface area contributed by atoms with Crippen molar-refractivity contribution in [1.82, 2.24) is 20.2 Å². The van der Waals surface area contributed by atoms with Crippen molar-refractivity contribution < 1.29 is 13.6 Å². The first-order valence-corrected chi connectivity index (χ1v) is 10.8. The number of benzene rings is 1. The molecule has 0 bridgehead atoms. The first kappa shape index (κ1) is 19.8. The van der Waals surface area contributed by atoms with Crippen molar-refractivity contribution in [3.63, 3.8) is 0 Å². The van der Waals surface area contributed by atoms with Crippen LogP contribution in [0, 0.1) is 11.7 Å². The molecule has 1 aliphatic carbocycles. The van der Waals surface area contributed by atoms with Gasteiger partial charge in [0, 0.05) is 25.0 Å². The number of carbonyl (C=O) groups is 1. The number of nitrogens with one attached hydrogen (secondary N) is 2. The highest BCUT2D eigenvalue weighted by Crippen LogP contribution is 2.40. The first-order valence-electron chi connectivity index (χ1n) is 9.96. The summed E-state index contributed by atoms with van der Waals surface area (Å²) in [7, 11) is 3.59. The number of fused-ring (bicyclic) bond motifs is 2. The zero-order chi connectivity index (χ0) is 21.9. The molecule has 0 spiro atoms. The molecule has 1 amide bonds. The number of alkyl halides is 1. The number of aromatic amines is 1. The lowest BCUT2D eigenvalue weighted by atomic mass is 9.96. The van der Waals surface area contributed by atoms with Crippen molar-refractivity contribution in [1.29, 1.82) is 0 Å². The minimum absolute atomic E-state index is 0.258. The topological polar surface area (TPSA) is 86.8 Å². The fourth-order valence-corrected chi connectivity index (χ4v) is 4.71. The van der Waals surface area contributed by atoms with Crippen molar-refractivity contribution in [2.24, 2.45) is 5.92 Å². The van der Waals surface area contributed by atoms with E-state index in [9.17, 15) is 9.18 Å². The maximum atomic E-state index is 15.4. The zero-order valence-electron chi connectivity index (χ0n) is 17.2. The SMILES string of the molecule is CCc1c(F)c(N(C)C)c2[nH]ncc2c1-c1ccc2nc(NC(=O)[C@@H]3C[C@@H]3F)sc2n1. The average Bonchev–Trinajstić information content (AvgIpc) is 3.11. The molecule has 1 aromatic carbocycles. The molecule has 1 saturated carbocycles. The number of pyridine rings is 1. The van der Waals surface area contributed by atoms with Gasteiger partial charge in [0.1, 0.15) is 16.5 Å². The molecule has 5 rings (SSSR count). The van der Waals surface area contributed by atoms with Gasteiger partial charge in [-0.2, -0.15) is 5.10 Å². The van der Waals surface area contributed by atoms with Gasteiger partial charge in [0.05, 0.1) is 29.0 Å². The third-order valence-electron chi connectivity index (χ3n) is 5.51. The molecular weight excluding hydrogens is 422 g/mol. The summed E-state index contributed by atoms with van der Waals surface area (Å²) in [4.78, 5) is 23.4. The molecule has 10 heteroatoms. The van der Waals surface area contributed by atoms with Crippen molar-refractivity contribution in [2.75, 3.05) is 24.3 Å². The lowest BCUT2D eigenvalue weighted by Crippen LogP contribution is -2.14. The van der Waals surface area contributed by atoms with Crippen LogP contribution in [0.2, 0.25) is 0 Å². The molecule has 0 unspecified atom stereocenters. The van der Waals surface area contributed by atoms with Gasteiger partial charge in [0.25, 0.3) is 0 Å². The number of anilines is 2. The molecule has 31 heavy (non-hydrogen) atoms. The number of hydrogen-bond donors (Lipinski definition) is 2. The van der Waals surface area contributed by atoms with E-state index in [1.165, 1.54) is 11.3 Å². The quantitative estimate of drug-likeness (QED) is 0.481. The largest absolute Gasteiger partial charge is 0.374 e. The van der Waals surface area contributed by atoms with Gasteiger partial charge in [-0.25, -0.2) is 18.7 Å². The van der Waals surface area contributed by atoms with Crippen LogP contribution in [0.25, 0.3) is 32.5 Å². The lowest BCUT2D eigenvalue weighted by Gasteiger charge is -2.19. The molecule has 2 atom stereocenters. The van der Waals surface area contributed by atoms with Gasteiger partial charge in [0.15, 0.2) is 10.9 Å². The van der Waals surface area contributed by atoms with Crippen molar-refractivity contribution in [3.05, 3.63) is 29.7 Å². The van der Waals surface area contributed by atoms with Crippen LogP contribution in [0.5, 0.6) is 0 Å². The predicted molar refractivity (Wildman–Crippen MR) is 118 cm³/mol. The fraction of sp³-hybridized carbons (Fsp3) is 0.333. The highest BCUT2D eigenvalue weighted by molar-refractivity contribution is 7.22. The standard InChI is InChI=1S/C21H20F2N6OS/c1-4-9-15(11-8-24-28-17(11)18(16(9)23)29(2)3)13-5-6-14-20(25-13)31-21(26-14)27-19(30)10-7-12(10)22/h5-6,8,10,12H,4,7H2,1-3H3,(H,24,28)(H,26,27,30)/t10-,12+/m1/s1. The summed E-state index contributed by atoms with van der Waals surface area (Å²) in [5.41, 5.74) is 3.54. The van der Waals surface area contributed by atoms with Gasteiger partial charge in [-0.1, -0.05) is 18.3 Å². The molecule has 0 saturated heterocycles. The number of thiazole rings is 1. The second-order valence-corrected chi connectivity index (χ2v) is 8.79. The Morgan fingerprint density at radius 1 is 1.35 bits per heavy atom. The van der Waals surface area contributed by atoms with E-state index < -0.39 is 12.1 Å². The van der Waals surface area contributed by atoms with E-state index in [-0.39, 0.29) is 18.1 Å². The van der Waals surface area contributed by atoms with E-state index in [0.717, 1.165) is 5.39 Å². The Labute approximate surface area is 180 Å². The lowest BCUT2D eigenvalue weighted by molar-refractivity contribution is -0.117. The number of hydrogen-bond acceptors (Lipinski definition) is 6. The molecule has 2 N–H and O–H groups in total. The van der Waals surface area contributed by atoms with Crippen LogP contribution in [0.1, 0.15) is 18.9 Å². The monoisotopic (exact) mass is 442 g/mol. The third kappa shape index (κ3) is 3.21. The van der Waals surface area contributed by atoms with Crippen LogP contribution in [-0.4, -0.2) is 46.3 Å². The van der Waals surface area contributed by atoms with Crippen molar-refractivity contribution in [3.8, 4) is 11.3 Å². The van der Waals surface area contributed by atoms with Crippen LogP contribution < -0.4 is 10.2 Å². The molecule has 1 aliphatic rings. The van der Waals surface area contributed by atoms with E-state index in [0.29, 0.717) is 49.9 Å². The summed E-state index contributed by atoms with van der Waals surface area (Å²) in [6, 6.07) is 3.59. The molecule has 4 aromatic rings. The van der Waals surface area contributed by atoms with Gasteiger partial charge < -0.3 is 10.2 Å². The summed E-state index contributed by atoms with van der Waals surface area (Å²) < 4.78 is 28.6. The smallest absolute Gasteiger partial charge is 0.232 e. The Hall–Kier alpha value is -3.14. The van der Waals surface area contributed by atoms with Gasteiger partial charge in [-0.05, 0) is 30.5 Å². The number of carbonyl (C=O) groups excluding carboxylic acids is 1. The van der Waals surface area contributed by atoms with Crippen LogP contribution in [0.4, 0.5) is 19.6 Å². The first-order chi connectivity index (χ1) is 14.9. The predicted octanol–water partition coefficient (Wildman–Crippen LogP) is 4.30. The van der Waals surface area contributed by atoms with Gasteiger partial charge in [-0.3, -0.25) is 9.89 Å². The van der Waals surface area contributed by atoms with Gasteiger partial charge in [0.2, 0.25) is 5.91 Å². The van der Waals surface area contributed by atoms with E-state index in [1.807, 2.05) is 6.92 Å². The average molecular weight is 442 g/mol. The summed E-state index contributed by atoms with van der Waals surface area (Å²) >= 11 is 1.21. The highest BCUT2D eigenvalue weighted by Gasteiger charge is 2.43. The Morgan fingerprint density at radius 2 is 2.13 bits per heavy atom. The Balaban J connectivity index is 1.61. The second kappa shape index (κ2) is 7.23. The number of H-pyrrole nitrogens is 1. The van der Waals surface area contributed by atoms with E-state index in [1.54, 1.807) is 37.3 Å². The molecule has 7 nitrogen and oxygen atoms in total. The molecule has 3 heterocycles. The minimum Gasteiger partial charge on any atom is -0.374 e. The van der Waals surface area contributed by atoms with E-state index in [4.69, 9.17) is 4.98 Å². The number of amides is 1. The van der Waals surface area contributed by atoms with Crippen LogP contribution >= 0.6 is 11.3 Å². The minimum atomic E-state index is -1.07. The summed E-state index contributed by atoms with van der Waals surface area (Å²) in [5.74, 6) is -1.25. The molecule has 0 aliphatic heterocycles. The van der Waals surface area contributed by atoms with Gasteiger partial charge >= 0.3 is 0 Å². The van der Waals surface area contributed by atoms with Crippen molar-refractivity contribution in [2.45, 2.75) is 25.9 Å². The molecular formula is C21H20F2N6OS. The Morgan fingerprint density at radius 3 is 2.81 bits per heavy atom. The van der Waals surface area contributed by atoms with Crippen LogP contribution in [0.15, 0.2) is 18.3 Å². The van der Waals surface area contributed by atoms with Crippen LogP contribution in [-0.2, 0) is 11.2 Å². The Bertz CT molecular complexity index is 1330. The Kier molecular flexibility index (Phi) is 4.62. The summed E-state index contributed by atoms with van der Waals surface area (Å²) in [6.45, 7) is 1.90. The highest BCUT2D eigenvalue weighted by atomic mass is 32.1. The van der Waals surface area contributed by atoms with E-state index in [2.05, 4.69) is 20.5 Å². The zero-order valence-corrected chi connectivity index (χ0v) is 18.0. The van der Waals surface area contributed by atoms with Gasteiger partial charge in [-0.15, -0.1) is 0 Å². The molecule has 1 fully saturated rings. The van der Waals surface area contributed by atoms with E-state index >= 15 is 4.39 Å². The normalized spacial score (nSPS) is 18.0. The maximum Gasteiger partial charge on any atom is 0.232 e. The molecule has 160 valence electrons. The van der Waals surface area contributed by atoms with Crippen LogP contribution in [0.3, 0.4) is 0 Å². The number of rotatable bonds is 5. The third-order valence-corrected chi connectivity index (χ3v) is 6.39. The summed E-state index contributed by atoms with van der Waals surface area (Å²) in [5, 5.41) is 10.9. The summed E-state index contributed by atoms with van der Waals surface area (Å²) in [6.07, 6.45) is 1.36. The maximum absolute atomic E-state index is 15.4. The molecule has 3 aromatic heterocycles. The number of aromatic nitrogens is 4. The fourth-order valence-electron chi connectivity index (χ4n) is 3.87. The second-order valence-electron chi connectivity index (χ2n) is 7.81.